The summed E-state index contributed by atoms with van der Waals surface area (Å²) in [7, 11) is 0. The van der Waals surface area contributed by atoms with Crippen molar-refractivity contribution in [1.29, 1.82) is 0 Å². The first-order valence-electron chi connectivity index (χ1n) is 7.52. The second-order valence-corrected chi connectivity index (χ2v) is 6.73. The molecule has 0 aromatic carbocycles. The number of fused-ring (bicyclic) bond motifs is 3. The largest absolute Gasteiger partial charge is 0.459 e. The molecule has 2 N–H and O–H groups in total. The summed E-state index contributed by atoms with van der Waals surface area (Å²) in [5.74, 6) is 0.553. The predicted octanol–water partition coefficient (Wildman–Crippen LogP) is 1.39. The lowest BCUT2D eigenvalue weighted by atomic mass is 9.69. The van der Waals surface area contributed by atoms with E-state index in [1.54, 1.807) is 0 Å². The Kier molecular flexibility index (Phi) is 3.27. The maximum atomic E-state index is 11.3. The molecule has 0 heterocycles. The summed E-state index contributed by atoms with van der Waals surface area (Å²) < 4.78 is 10.8. The third-order valence-corrected chi connectivity index (χ3v) is 5.67. The van der Waals surface area contributed by atoms with E-state index in [0.717, 1.165) is 12.8 Å². The van der Waals surface area contributed by atoms with Crippen LogP contribution in [0.25, 0.3) is 0 Å². The summed E-state index contributed by atoms with van der Waals surface area (Å²) in [5.41, 5.74) is 6.47. The normalized spacial score (nSPS) is 45.9. The van der Waals surface area contributed by atoms with Crippen LogP contribution in [0.15, 0.2) is 0 Å². The molecule has 0 radical (unpaired) electrons. The molecule has 3 saturated carbocycles. The zero-order chi connectivity index (χ0) is 14.5. The number of rotatable bonds is 2. The Balaban J connectivity index is 1.81. The van der Waals surface area contributed by atoms with Crippen molar-refractivity contribution in [3.05, 3.63) is 0 Å². The van der Waals surface area contributed by atoms with Crippen molar-refractivity contribution in [2.75, 3.05) is 0 Å². The lowest BCUT2D eigenvalue weighted by molar-refractivity contribution is -0.162. The molecule has 2 bridgehead atoms. The summed E-state index contributed by atoms with van der Waals surface area (Å²) in [5, 5.41) is 0. The zero-order valence-electron chi connectivity index (χ0n) is 12.1. The van der Waals surface area contributed by atoms with Gasteiger partial charge in [0.15, 0.2) is 0 Å². The van der Waals surface area contributed by atoms with Crippen molar-refractivity contribution in [3.8, 4) is 0 Å². The number of ether oxygens (including phenoxy) is 2. The number of carbonyl (C=O) groups is 2. The minimum absolute atomic E-state index is 0.00313. The minimum atomic E-state index is -0.332. The van der Waals surface area contributed by atoms with Gasteiger partial charge < -0.3 is 15.2 Å². The molecule has 0 amide bonds. The molecule has 20 heavy (non-hydrogen) atoms. The van der Waals surface area contributed by atoms with E-state index in [-0.39, 0.29) is 35.6 Å². The van der Waals surface area contributed by atoms with Gasteiger partial charge in [0, 0.05) is 19.9 Å². The Morgan fingerprint density at radius 3 is 2.00 bits per heavy atom. The molecular weight excluding hydrogens is 258 g/mol. The number of hydrogen-bond donors (Lipinski definition) is 1. The molecule has 1 spiro atoms. The summed E-state index contributed by atoms with van der Waals surface area (Å²) in [4.78, 5) is 22.6. The highest BCUT2D eigenvalue weighted by Gasteiger charge is 2.62. The smallest absolute Gasteiger partial charge is 0.303 e. The second-order valence-electron chi connectivity index (χ2n) is 6.73. The Bertz CT molecular complexity index is 408. The van der Waals surface area contributed by atoms with Crippen LogP contribution in [0.4, 0.5) is 0 Å². The highest BCUT2D eigenvalue weighted by Crippen LogP contribution is 2.62. The Hall–Kier alpha value is -1.10. The second kappa shape index (κ2) is 4.72. The van der Waals surface area contributed by atoms with Crippen molar-refractivity contribution in [2.24, 2.45) is 23.0 Å². The van der Waals surface area contributed by atoms with E-state index < -0.39 is 0 Å². The Morgan fingerprint density at radius 1 is 1.05 bits per heavy atom. The van der Waals surface area contributed by atoms with Crippen molar-refractivity contribution in [3.63, 3.8) is 0 Å². The third-order valence-electron chi connectivity index (χ3n) is 5.67. The fraction of sp³-hybridized carbons (Fsp3) is 0.867. The van der Waals surface area contributed by atoms with Crippen molar-refractivity contribution in [1.82, 2.24) is 0 Å². The quantitative estimate of drug-likeness (QED) is 0.774. The van der Waals surface area contributed by atoms with Gasteiger partial charge in [0.2, 0.25) is 0 Å². The molecule has 3 fully saturated rings. The maximum absolute atomic E-state index is 11.3. The van der Waals surface area contributed by atoms with Gasteiger partial charge in [0.1, 0.15) is 12.2 Å². The molecule has 3 aliphatic rings. The highest BCUT2D eigenvalue weighted by atomic mass is 16.6. The molecule has 5 heteroatoms. The lowest BCUT2D eigenvalue weighted by Gasteiger charge is -2.39. The fourth-order valence-electron chi connectivity index (χ4n) is 4.97. The van der Waals surface area contributed by atoms with Gasteiger partial charge in [0.25, 0.3) is 0 Å². The standard InChI is InChI=1S/C15H23NO4/c1-8(17)19-12-6-15(7-13(12)20-9(2)18)11-4-3-10(5-11)14(15)16/h10-14H,3-7,16H2,1-2H3/t10?,11?,12-,13?,14-,15?/m1/s1. The van der Waals surface area contributed by atoms with Crippen LogP contribution in [0.2, 0.25) is 0 Å². The molecule has 0 saturated heterocycles. The summed E-state index contributed by atoms with van der Waals surface area (Å²) in [6.07, 6.45) is 4.42. The van der Waals surface area contributed by atoms with E-state index in [9.17, 15) is 9.59 Å². The number of hydrogen-bond acceptors (Lipinski definition) is 5. The molecule has 112 valence electrons. The Labute approximate surface area is 119 Å². The van der Waals surface area contributed by atoms with Gasteiger partial charge in [-0.05, 0) is 49.4 Å². The van der Waals surface area contributed by atoms with Crippen LogP contribution in [0.5, 0.6) is 0 Å². The van der Waals surface area contributed by atoms with E-state index in [4.69, 9.17) is 15.2 Å². The average Bonchev–Trinajstić information content (AvgIpc) is 2.98. The van der Waals surface area contributed by atoms with E-state index in [2.05, 4.69) is 0 Å². The Morgan fingerprint density at radius 2 is 1.60 bits per heavy atom. The summed E-state index contributed by atoms with van der Waals surface area (Å²) in [6, 6.07) is 0.153. The molecule has 0 aromatic heterocycles. The van der Waals surface area contributed by atoms with Gasteiger partial charge in [-0.15, -0.1) is 0 Å². The van der Waals surface area contributed by atoms with Gasteiger partial charge in [0.05, 0.1) is 0 Å². The molecular formula is C15H23NO4. The van der Waals surface area contributed by atoms with Crippen LogP contribution >= 0.6 is 0 Å². The molecule has 5 nitrogen and oxygen atoms in total. The van der Waals surface area contributed by atoms with Crippen molar-refractivity contribution in [2.45, 2.75) is 64.2 Å². The van der Waals surface area contributed by atoms with Crippen LogP contribution in [0, 0.1) is 17.3 Å². The summed E-state index contributed by atoms with van der Waals surface area (Å²) in [6.45, 7) is 2.80. The number of carbonyl (C=O) groups excluding carboxylic acids is 2. The number of nitrogens with two attached hydrogens (primary N) is 1. The van der Waals surface area contributed by atoms with Crippen LogP contribution in [-0.2, 0) is 19.1 Å². The first-order valence-corrected chi connectivity index (χ1v) is 7.52. The molecule has 6 atom stereocenters. The van der Waals surface area contributed by atoms with Crippen LogP contribution in [-0.4, -0.2) is 30.2 Å². The molecule has 0 aliphatic heterocycles. The minimum Gasteiger partial charge on any atom is -0.459 e. The van der Waals surface area contributed by atoms with E-state index in [0.29, 0.717) is 11.8 Å². The molecule has 3 rings (SSSR count). The third kappa shape index (κ3) is 2.03. The van der Waals surface area contributed by atoms with Gasteiger partial charge in [-0.3, -0.25) is 9.59 Å². The number of esters is 2. The first-order chi connectivity index (χ1) is 9.42. The van der Waals surface area contributed by atoms with Crippen LogP contribution in [0.1, 0.15) is 46.0 Å². The van der Waals surface area contributed by atoms with Crippen molar-refractivity contribution < 1.29 is 19.1 Å². The SMILES string of the molecule is CC(=O)OC1CC2(C[C@H]1OC(C)=O)C1CCC(C1)[C@H]2N. The van der Waals surface area contributed by atoms with E-state index in [1.165, 1.54) is 33.1 Å². The topological polar surface area (TPSA) is 78.6 Å². The highest BCUT2D eigenvalue weighted by molar-refractivity contribution is 5.67. The fourth-order valence-corrected chi connectivity index (χ4v) is 4.97. The van der Waals surface area contributed by atoms with Crippen LogP contribution < -0.4 is 5.73 Å². The average molecular weight is 281 g/mol. The van der Waals surface area contributed by atoms with Gasteiger partial charge >= 0.3 is 11.9 Å². The monoisotopic (exact) mass is 281 g/mol. The zero-order valence-corrected chi connectivity index (χ0v) is 12.1. The molecule has 3 aliphatic carbocycles. The first kappa shape index (κ1) is 13.9. The van der Waals surface area contributed by atoms with Gasteiger partial charge in [-0.1, -0.05) is 0 Å². The van der Waals surface area contributed by atoms with Crippen molar-refractivity contribution >= 4 is 11.9 Å². The molecule has 4 unspecified atom stereocenters. The van der Waals surface area contributed by atoms with Gasteiger partial charge in [-0.2, -0.15) is 0 Å². The maximum Gasteiger partial charge on any atom is 0.303 e. The summed E-state index contributed by atoms with van der Waals surface area (Å²) >= 11 is 0. The van der Waals surface area contributed by atoms with E-state index >= 15 is 0 Å². The lowest BCUT2D eigenvalue weighted by Crippen LogP contribution is -2.45. The van der Waals surface area contributed by atoms with E-state index in [1.807, 2.05) is 0 Å². The van der Waals surface area contributed by atoms with Crippen LogP contribution in [0.3, 0.4) is 0 Å². The van der Waals surface area contributed by atoms with Gasteiger partial charge in [-0.25, -0.2) is 0 Å². The predicted molar refractivity (Wildman–Crippen MR) is 71.6 cm³/mol. The molecule has 0 aromatic rings.